The maximum absolute atomic E-state index is 15.2. The number of carbonyl (C=O) groups excluding carboxylic acids is 1. The second-order valence-electron chi connectivity index (χ2n) is 8.81. The maximum atomic E-state index is 15.2. The Labute approximate surface area is 194 Å². The van der Waals surface area contributed by atoms with Crippen molar-refractivity contribution >= 4 is 23.2 Å². The van der Waals surface area contributed by atoms with Gasteiger partial charge in [0.25, 0.3) is 0 Å². The van der Waals surface area contributed by atoms with Crippen LogP contribution >= 0.6 is 11.6 Å². The van der Waals surface area contributed by atoms with E-state index in [1.807, 2.05) is 6.92 Å². The number of hydrogen-bond donors (Lipinski definition) is 0. The summed E-state index contributed by atoms with van der Waals surface area (Å²) in [6, 6.07) is 10.0. The van der Waals surface area contributed by atoms with Crippen LogP contribution in [-0.2, 0) is 27.1 Å². The van der Waals surface area contributed by atoms with E-state index in [4.69, 9.17) is 16.4 Å². The fourth-order valence-corrected chi connectivity index (χ4v) is 4.39. The Morgan fingerprint density at radius 2 is 1.82 bits per heavy atom. The molecule has 1 atom stereocenters. The molecular weight excluding hydrogens is 460 g/mol. The number of halogens is 5. The number of likely N-dealkylation sites (tertiary alicyclic amines) is 1. The molecule has 0 aromatic heterocycles. The molecule has 2 aromatic rings. The molecule has 1 saturated heterocycles. The number of carbonyl (C=O) groups is 1. The van der Waals surface area contributed by atoms with Gasteiger partial charge in [0.1, 0.15) is 0 Å². The number of rotatable bonds is 5. The summed E-state index contributed by atoms with van der Waals surface area (Å²) in [7, 11) is 0. The zero-order valence-electron chi connectivity index (χ0n) is 18.2. The lowest BCUT2D eigenvalue weighted by Gasteiger charge is -2.44. The fraction of sp³-hybridized carbons (Fsp3) is 0.417. The van der Waals surface area contributed by atoms with Crippen molar-refractivity contribution in [1.82, 2.24) is 4.90 Å². The highest BCUT2D eigenvalue weighted by molar-refractivity contribution is 6.30. The van der Waals surface area contributed by atoms with Gasteiger partial charge in [-0.05, 0) is 42.7 Å². The molecule has 0 bridgehead atoms. The summed E-state index contributed by atoms with van der Waals surface area (Å²) >= 11 is 5.92. The van der Waals surface area contributed by atoms with Crippen LogP contribution in [-0.4, -0.2) is 29.6 Å². The smallest absolute Gasteiger partial charge is 0.384 e. The third kappa shape index (κ3) is 4.58. The minimum Gasteiger partial charge on any atom is -0.384 e. The van der Waals surface area contributed by atoms with Crippen molar-refractivity contribution in [2.45, 2.75) is 50.6 Å². The fourth-order valence-electron chi connectivity index (χ4n) is 4.16. The summed E-state index contributed by atoms with van der Waals surface area (Å²) in [4.78, 5) is 19.0. The van der Waals surface area contributed by atoms with E-state index in [1.54, 1.807) is 31.2 Å². The molecule has 4 nitrogen and oxygen atoms in total. The quantitative estimate of drug-likeness (QED) is 0.476. The lowest BCUT2D eigenvalue weighted by Crippen LogP contribution is -2.58. The molecule has 1 amide bonds. The van der Waals surface area contributed by atoms with Gasteiger partial charge in [0.15, 0.2) is 11.3 Å². The molecule has 33 heavy (non-hydrogen) atoms. The number of benzene rings is 2. The van der Waals surface area contributed by atoms with Gasteiger partial charge in [0.2, 0.25) is 5.91 Å². The second kappa shape index (κ2) is 8.31. The average molecular weight is 483 g/mol. The van der Waals surface area contributed by atoms with Gasteiger partial charge in [-0.25, -0.2) is 4.39 Å². The summed E-state index contributed by atoms with van der Waals surface area (Å²) in [5, 5.41) is 4.05. The van der Waals surface area contributed by atoms with Crippen molar-refractivity contribution in [3.63, 3.8) is 0 Å². The highest BCUT2D eigenvalue weighted by Gasteiger charge is 2.47. The largest absolute Gasteiger partial charge is 0.416 e. The van der Waals surface area contributed by atoms with Crippen LogP contribution in [0.15, 0.2) is 47.6 Å². The van der Waals surface area contributed by atoms with Gasteiger partial charge in [0, 0.05) is 23.4 Å². The Bertz CT molecular complexity index is 1090. The van der Waals surface area contributed by atoms with E-state index in [0.717, 1.165) is 18.6 Å². The highest BCUT2D eigenvalue weighted by atomic mass is 35.5. The summed E-state index contributed by atoms with van der Waals surface area (Å²) in [5.74, 6) is -0.0474. The van der Waals surface area contributed by atoms with Crippen LogP contribution in [0, 0.1) is 0 Å². The predicted octanol–water partition coefficient (Wildman–Crippen LogP) is 6.21. The van der Waals surface area contributed by atoms with Crippen molar-refractivity contribution in [2.24, 2.45) is 5.16 Å². The van der Waals surface area contributed by atoms with Gasteiger partial charge >= 0.3 is 6.18 Å². The van der Waals surface area contributed by atoms with Crippen LogP contribution < -0.4 is 0 Å². The number of amides is 1. The number of hydrogen-bond acceptors (Lipinski definition) is 3. The minimum absolute atomic E-state index is 0.0314. The van der Waals surface area contributed by atoms with Crippen LogP contribution in [0.1, 0.15) is 55.4 Å². The normalized spacial score (nSPS) is 21.9. The number of nitrogens with zero attached hydrogens (tertiary/aromatic N) is 2. The van der Waals surface area contributed by atoms with Gasteiger partial charge in [-0.3, -0.25) is 4.79 Å². The summed E-state index contributed by atoms with van der Waals surface area (Å²) in [6.07, 6.45) is -3.18. The SMILES string of the molecule is CCCC(=O)N1CC(F)(c2ccc(C3=NOC(C)(c4cc(Cl)cc(C(F)(F)F)c4)C3)cc2)C1. The Balaban J connectivity index is 1.47. The Morgan fingerprint density at radius 1 is 1.15 bits per heavy atom. The summed E-state index contributed by atoms with van der Waals surface area (Å²) in [6.45, 7) is 3.62. The van der Waals surface area contributed by atoms with E-state index in [1.165, 1.54) is 11.0 Å². The Hall–Kier alpha value is -2.61. The first-order valence-corrected chi connectivity index (χ1v) is 11.0. The van der Waals surface area contributed by atoms with E-state index >= 15 is 4.39 Å². The van der Waals surface area contributed by atoms with Crippen LogP contribution in [0.2, 0.25) is 5.02 Å². The number of oxime groups is 1. The van der Waals surface area contributed by atoms with E-state index in [-0.39, 0.29) is 36.0 Å². The molecule has 2 aliphatic rings. The minimum atomic E-state index is -4.53. The van der Waals surface area contributed by atoms with E-state index in [9.17, 15) is 18.0 Å². The molecule has 1 unspecified atom stereocenters. The lowest BCUT2D eigenvalue weighted by molar-refractivity contribution is -0.146. The zero-order valence-corrected chi connectivity index (χ0v) is 18.9. The van der Waals surface area contributed by atoms with Gasteiger partial charge in [-0.1, -0.05) is 47.9 Å². The lowest BCUT2D eigenvalue weighted by atomic mass is 9.85. The summed E-state index contributed by atoms with van der Waals surface area (Å²) < 4.78 is 54.7. The van der Waals surface area contributed by atoms with Crippen molar-refractivity contribution in [3.05, 3.63) is 69.7 Å². The van der Waals surface area contributed by atoms with E-state index < -0.39 is 23.0 Å². The topological polar surface area (TPSA) is 41.9 Å². The van der Waals surface area contributed by atoms with Crippen molar-refractivity contribution in [2.75, 3.05) is 13.1 Å². The molecule has 2 aromatic carbocycles. The number of alkyl halides is 4. The van der Waals surface area contributed by atoms with E-state index in [0.29, 0.717) is 23.3 Å². The average Bonchev–Trinajstić information content (AvgIpc) is 3.14. The van der Waals surface area contributed by atoms with Gasteiger partial charge < -0.3 is 9.74 Å². The molecule has 2 aliphatic heterocycles. The third-order valence-corrected chi connectivity index (χ3v) is 6.35. The molecule has 1 fully saturated rings. The van der Waals surface area contributed by atoms with Gasteiger partial charge in [-0.2, -0.15) is 13.2 Å². The third-order valence-electron chi connectivity index (χ3n) is 6.13. The molecular formula is C24H23ClF4N2O2. The molecule has 176 valence electrons. The highest BCUT2D eigenvalue weighted by Crippen LogP contribution is 2.41. The monoisotopic (exact) mass is 482 g/mol. The second-order valence-corrected chi connectivity index (χ2v) is 9.24. The van der Waals surface area contributed by atoms with Crippen LogP contribution in [0.5, 0.6) is 0 Å². The molecule has 2 heterocycles. The first-order valence-electron chi connectivity index (χ1n) is 10.6. The van der Waals surface area contributed by atoms with Crippen LogP contribution in [0.3, 0.4) is 0 Å². The molecule has 0 N–H and O–H groups in total. The first kappa shape index (κ1) is 23.5. The predicted molar refractivity (Wildman–Crippen MR) is 117 cm³/mol. The maximum Gasteiger partial charge on any atom is 0.416 e. The van der Waals surface area contributed by atoms with Crippen molar-refractivity contribution in [3.8, 4) is 0 Å². The van der Waals surface area contributed by atoms with Crippen molar-refractivity contribution < 1.29 is 27.2 Å². The summed E-state index contributed by atoms with van der Waals surface area (Å²) in [5.41, 5.74) is -1.59. The molecule has 0 aliphatic carbocycles. The molecule has 0 spiro atoms. The van der Waals surface area contributed by atoms with Crippen LogP contribution in [0.4, 0.5) is 17.6 Å². The molecule has 4 rings (SSSR count). The van der Waals surface area contributed by atoms with E-state index in [2.05, 4.69) is 5.16 Å². The van der Waals surface area contributed by atoms with Gasteiger partial charge in [0.05, 0.1) is 24.4 Å². The Morgan fingerprint density at radius 3 is 2.42 bits per heavy atom. The van der Waals surface area contributed by atoms with Crippen molar-refractivity contribution in [1.29, 1.82) is 0 Å². The van der Waals surface area contributed by atoms with Crippen LogP contribution in [0.25, 0.3) is 0 Å². The molecule has 9 heteroatoms. The molecule has 0 radical (unpaired) electrons. The first-order chi connectivity index (χ1) is 15.4. The standard InChI is InChI=1S/C24H23ClF4N2O2/c1-3-4-21(32)31-13-23(26,14-31)16-7-5-15(6-8-16)20-12-22(2,33-30-20)17-9-18(24(27,28)29)11-19(25)10-17/h5-11H,3-4,12-14H2,1-2H3. The molecule has 0 saturated carbocycles. The van der Waals surface area contributed by atoms with Gasteiger partial charge in [-0.15, -0.1) is 0 Å². The Kier molecular flexibility index (Phi) is 5.93. The zero-order chi connectivity index (χ0) is 24.0.